The van der Waals surface area contributed by atoms with Gasteiger partial charge in [-0.05, 0) is 52.6 Å². The average molecular weight is 358 g/mol. The maximum absolute atomic E-state index is 12.1. The van der Waals surface area contributed by atoms with E-state index in [9.17, 15) is 13.2 Å². The zero-order valence-electron chi connectivity index (χ0n) is 9.64. The first-order chi connectivity index (χ1) is 7.78. The van der Waals surface area contributed by atoms with Gasteiger partial charge >= 0.3 is 6.18 Å². The monoisotopic (exact) mass is 358 g/mol. The molecular formula is C12H14F3IO. The first kappa shape index (κ1) is 14.6. The Morgan fingerprint density at radius 1 is 1.29 bits per heavy atom. The van der Waals surface area contributed by atoms with Crippen LogP contribution < -0.4 is 4.74 Å². The van der Waals surface area contributed by atoms with Crippen LogP contribution in [0.2, 0.25) is 0 Å². The Bertz CT molecular complexity index is 375. The SMILES string of the molecule is CC(C)Cc1ccc(I)c(OCC(F)(F)F)c1. The summed E-state index contributed by atoms with van der Waals surface area (Å²) in [6.07, 6.45) is -3.46. The molecule has 0 N–H and O–H groups in total. The molecule has 1 aromatic carbocycles. The molecule has 0 bridgehead atoms. The molecule has 5 heteroatoms. The Hall–Kier alpha value is -0.460. The van der Waals surface area contributed by atoms with Crippen molar-refractivity contribution in [1.82, 2.24) is 0 Å². The van der Waals surface area contributed by atoms with Crippen LogP contribution >= 0.6 is 22.6 Å². The maximum Gasteiger partial charge on any atom is 0.422 e. The third kappa shape index (κ3) is 5.61. The summed E-state index contributed by atoms with van der Waals surface area (Å²) < 4.78 is 41.7. The van der Waals surface area contributed by atoms with Gasteiger partial charge in [-0.3, -0.25) is 0 Å². The summed E-state index contributed by atoms with van der Waals surface area (Å²) in [5.41, 5.74) is 0.998. The first-order valence-corrected chi connectivity index (χ1v) is 6.34. The molecule has 0 fully saturated rings. The molecular weight excluding hydrogens is 344 g/mol. The fraction of sp³-hybridized carbons (Fsp3) is 0.500. The van der Waals surface area contributed by atoms with Gasteiger partial charge in [0.2, 0.25) is 0 Å². The second kappa shape index (κ2) is 5.93. The van der Waals surface area contributed by atoms with Crippen LogP contribution in [-0.2, 0) is 6.42 Å². The lowest BCUT2D eigenvalue weighted by molar-refractivity contribution is -0.153. The summed E-state index contributed by atoms with van der Waals surface area (Å²) >= 11 is 1.97. The molecule has 1 nitrogen and oxygen atoms in total. The predicted molar refractivity (Wildman–Crippen MR) is 69.3 cm³/mol. The fourth-order valence-electron chi connectivity index (χ4n) is 1.42. The minimum Gasteiger partial charge on any atom is -0.483 e. The Labute approximate surface area is 112 Å². The summed E-state index contributed by atoms with van der Waals surface area (Å²) in [4.78, 5) is 0. The smallest absolute Gasteiger partial charge is 0.422 e. The van der Waals surface area contributed by atoms with E-state index in [1.165, 1.54) is 0 Å². The highest BCUT2D eigenvalue weighted by Gasteiger charge is 2.28. The Kier molecular flexibility index (Phi) is 5.09. The Morgan fingerprint density at radius 2 is 1.94 bits per heavy atom. The third-order valence-electron chi connectivity index (χ3n) is 2.03. The van der Waals surface area contributed by atoms with Gasteiger partial charge in [-0.25, -0.2) is 0 Å². The predicted octanol–water partition coefficient (Wildman–Crippen LogP) is 4.43. The quantitative estimate of drug-likeness (QED) is 0.724. The van der Waals surface area contributed by atoms with Gasteiger partial charge < -0.3 is 4.74 Å². The van der Waals surface area contributed by atoms with Gasteiger partial charge in [0.15, 0.2) is 6.61 Å². The van der Waals surface area contributed by atoms with Gasteiger partial charge in [-0.1, -0.05) is 19.9 Å². The van der Waals surface area contributed by atoms with Crippen LogP contribution in [-0.4, -0.2) is 12.8 Å². The minimum absolute atomic E-state index is 0.307. The Morgan fingerprint density at radius 3 is 2.47 bits per heavy atom. The number of hydrogen-bond acceptors (Lipinski definition) is 1. The molecule has 0 amide bonds. The second-order valence-corrected chi connectivity index (χ2v) is 5.43. The molecule has 1 aromatic rings. The summed E-state index contributed by atoms with van der Waals surface area (Å²) in [5.74, 6) is 0.770. The zero-order valence-corrected chi connectivity index (χ0v) is 11.8. The summed E-state index contributed by atoms with van der Waals surface area (Å²) in [6.45, 7) is 2.89. The van der Waals surface area contributed by atoms with E-state index in [2.05, 4.69) is 13.8 Å². The lowest BCUT2D eigenvalue weighted by Gasteiger charge is -2.12. The van der Waals surface area contributed by atoms with Crippen LogP contribution in [0.5, 0.6) is 5.75 Å². The van der Waals surface area contributed by atoms with Gasteiger partial charge in [-0.2, -0.15) is 13.2 Å². The number of halogens is 4. The lowest BCUT2D eigenvalue weighted by Crippen LogP contribution is -2.19. The van der Waals surface area contributed by atoms with Gasteiger partial charge in [0.25, 0.3) is 0 Å². The normalized spacial score (nSPS) is 11.9. The van der Waals surface area contributed by atoms with Gasteiger partial charge in [0.1, 0.15) is 5.75 Å². The van der Waals surface area contributed by atoms with Crippen molar-refractivity contribution in [2.45, 2.75) is 26.4 Å². The number of hydrogen-bond donors (Lipinski definition) is 0. The van der Waals surface area contributed by atoms with Crippen molar-refractivity contribution in [2.24, 2.45) is 5.92 Å². The minimum atomic E-state index is -4.29. The van der Waals surface area contributed by atoms with E-state index in [1.807, 2.05) is 28.7 Å². The highest BCUT2D eigenvalue weighted by molar-refractivity contribution is 14.1. The Balaban J connectivity index is 2.76. The van der Waals surface area contributed by atoms with Crippen LogP contribution in [0.3, 0.4) is 0 Å². The molecule has 0 spiro atoms. The average Bonchev–Trinajstić information content (AvgIpc) is 2.17. The summed E-state index contributed by atoms with van der Waals surface area (Å²) in [7, 11) is 0. The fourth-order valence-corrected chi connectivity index (χ4v) is 1.91. The van der Waals surface area contributed by atoms with Crippen LogP contribution in [0.1, 0.15) is 19.4 Å². The van der Waals surface area contributed by atoms with Crippen molar-refractivity contribution in [2.75, 3.05) is 6.61 Å². The van der Waals surface area contributed by atoms with Crippen molar-refractivity contribution >= 4 is 22.6 Å². The van der Waals surface area contributed by atoms with E-state index in [1.54, 1.807) is 12.1 Å². The molecule has 0 unspecified atom stereocenters. The largest absolute Gasteiger partial charge is 0.483 e. The first-order valence-electron chi connectivity index (χ1n) is 5.26. The summed E-state index contributed by atoms with van der Waals surface area (Å²) in [5, 5.41) is 0. The van der Waals surface area contributed by atoms with E-state index < -0.39 is 12.8 Å². The molecule has 0 heterocycles. The lowest BCUT2D eigenvalue weighted by atomic mass is 10.0. The van der Waals surface area contributed by atoms with Gasteiger partial charge in [-0.15, -0.1) is 0 Å². The molecule has 0 atom stereocenters. The third-order valence-corrected chi connectivity index (χ3v) is 2.92. The highest BCUT2D eigenvalue weighted by atomic mass is 127. The van der Waals surface area contributed by atoms with Crippen molar-refractivity contribution in [1.29, 1.82) is 0 Å². The highest BCUT2D eigenvalue weighted by Crippen LogP contribution is 2.26. The molecule has 0 aliphatic rings. The van der Waals surface area contributed by atoms with E-state index in [-0.39, 0.29) is 0 Å². The molecule has 0 saturated heterocycles. The number of benzene rings is 1. The molecule has 0 aliphatic heterocycles. The van der Waals surface area contributed by atoms with E-state index in [4.69, 9.17) is 4.74 Å². The molecule has 0 saturated carbocycles. The van der Waals surface area contributed by atoms with Crippen LogP contribution in [0.15, 0.2) is 18.2 Å². The standard InChI is InChI=1S/C12H14F3IO/c1-8(2)5-9-3-4-10(16)11(6-9)17-7-12(13,14)15/h3-4,6,8H,5,7H2,1-2H3. The molecule has 1 rings (SSSR count). The summed E-state index contributed by atoms with van der Waals surface area (Å²) in [6, 6.07) is 5.39. The topological polar surface area (TPSA) is 9.23 Å². The molecule has 0 aromatic heterocycles. The van der Waals surface area contributed by atoms with Crippen LogP contribution in [0.4, 0.5) is 13.2 Å². The van der Waals surface area contributed by atoms with E-state index in [0.717, 1.165) is 12.0 Å². The van der Waals surface area contributed by atoms with Gasteiger partial charge in [0.05, 0.1) is 3.57 Å². The molecule has 0 radical (unpaired) electrons. The van der Waals surface area contributed by atoms with Crippen LogP contribution in [0.25, 0.3) is 0 Å². The number of alkyl halides is 3. The molecule has 0 aliphatic carbocycles. The number of ether oxygens (including phenoxy) is 1. The van der Waals surface area contributed by atoms with Crippen LogP contribution in [0, 0.1) is 9.49 Å². The maximum atomic E-state index is 12.1. The van der Waals surface area contributed by atoms with Crippen molar-refractivity contribution in [3.05, 3.63) is 27.3 Å². The zero-order chi connectivity index (χ0) is 13.1. The molecule has 17 heavy (non-hydrogen) atoms. The van der Waals surface area contributed by atoms with E-state index >= 15 is 0 Å². The van der Waals surface area contributed by atoms with Gasteiger partial charge in [0, 0.05) is 0 Å². The van der Waals surface area contributed by atoms with E-state index in [0.29, 0.717) is 15.2 Å². The van der Waals surface area contributed by atoms with Crippen molar-refractivity contribution < 1.29 is 17.9 Å². The van der Waals surface area contributed by atoms with Crippen molar-refractivity contribution in [3.63, 3.8) is 0 Å². The van der Waals surface area contributed by atoms with Crippen molar-refractivity contribution in [3.8, 4) is 5.75 Å². The number of rotatable bonds is 4. The second-order valence-electron chi connectivity index (χ2n) is 4.27. The molecule has 96 valence electrons.